The number of ether oxygens (including phenoxy) is 2. The summed E-state index contributed by atoms with van der Waals surface area (Å²) in [5, 5.41) is 12.7. The van der Waals surface area contributed by atoms with Gasteiger partial charge < -0.3 is 19.4 Å². The van der Waals surface area contributed by atoms with Crippen LogP contribution in [0.5, 0.6) is 11.5 Å². The van der Waals surface area contributed by atoms with Crippen LogP contribution in [0.25, 0.3) is 0 Å². The second-order valence-corrected chi connectivity index (χ2v) is 8.35. The molecular weight excluding hydrogens is 364 g/mol. The van der Waals surface area contributed by atoms with E-state index in [2.05, 4.69) is 20.1 Å². The van der Waals surface area contributed by atoms with E-state index >= 15 is 0 Å². The number of carbonyl (C=O) groups excluding carboxylic acids is 1. The molecule has 2 fully saturated rings. The molecule has 2 aliphatic carbocycles. The average molecular weight is 386 g/mol. The minimum absolute atomic E-state index is 0.0107. The second kappa shape index (κ2) is 6.74. The Hall–Kier alpha value is -2.22. The molecule has 0 spiro atoms. The summed E-state index contributed by atoms with van der Waals surface area (Å²) in [5.74, 6) is 3.50. The lowest BCUT2D eigenvalue weighted by Crippen LogP contribution is -2.28. The molecule has 8 heteroatoms. The van der Waals surface area contributed by atoms with Gasteiger partial charge in [0.05, 0.1) is 11.8 Å². The first-order valence-corrected chi connectivity index (χ1v) is 10.4. The lowest BCUT2D eigenvalue weighted by molar-refractivity contribution is -0.119. The van der Waals surface area contributed by atoms with Crippen molar-refractivity contribution in [2.45, 2.75) is 55.8 Å². The Labute approximate surface area is 161 Å². The maximum absolute atomic E-state index is 12.4. The lowest BCUT2D eigenvalue weighted by atomic mass is 10.1. The van der Waals surface area contributed by atoms with Gasteiger partial charge >= 0.3 is 0 Å². The second-order valence-electron chi connectivity index (χ2n) is 7.41. The van der Waals surface area contributed by atoms with E-state index in [0.29, 0.717) is 17.7 Å². The molecule has 0 bridgehead atoms. The first-order chi connectivity index (χ1) is 13.2. The average Bonchev–Trinajstić information content (AvgIpc) is 3.60. The molecular formula is C19H22N4O3S. The normalized spacial score (nSPS) is 19.1. The zero-order valence-electron chi connectivity index (χ0n) is 15.2. The largest absolute Gasteiger partial charge is 0.454 e. The summed E-state index contributed by atoms with van der Waals surface area (Å²) in [6.45, 7) is 2.22. The zero-order valence-corrected chi connectivity index (χ0v) is 16.0. The summed E-state index contributed by atoms with van der Waals surface area (Å²) < 4.78 is 13.0. The first kappa shape index (κ1) is 16.9. The summed E-state index contributed by atoms with van der Waals surface area (Å²) in [5.41, 5.74) is 0.995. The third-order valence-electron chi connectivity index (χ3n) is 5.15. The van der Waals surface area contributed by atoms with Gasteiger partial charge in [-0.2, -0.15) is 0 Å². The van der Waals surface area contributed by atoms with E-state index < -0.39 is 0 Å². The maximum atomic E-state index is 12.4. The first-order valence-electron chi connectivity index (χ1n) is 9.45. The smallest absolute Gasteiger partial charge is 0.231 e. The number of nitrogens with one attached hydrogen (secondary N) is 1. The van der Waals surface area contributed by atoms with Crippen molar-refractivity contribution < 1.29 is 14.3 Å². The fourth-order valence-corrected chi connectivity index (χ4v) is 4.19. The quantitative estimate of drug-likeness (QED) is 0.737. The highest BCUT2D eigenvalue weighted by atomic mass is 32.2. The molecule has 2 saturated carbocycles. The molecule has 1 amide bonds. The SMILES string of the molecule is C[C@H](NC(=O)CSc1nnc(C2CC2)n1C1CC1)c1ccc2c(c1)OCO2. The summed E-state index contributed by atoms with van der Waals surface area (Å²) in [7, 11) is 0. The van der Waals surface area contributed by atoms with E-state index in [-0.39, 0.29) is 18.7 Å². The molecule has 5 rings (SSSR count). The minimum Gasteiger partial charge on any atom is -0.454 e. The van der Waals surface area contributed by atoms with Crippen molar-refractivity contribution >= 4 is 17.7 Å². The fraction of sp³-hybridized carbons (Fsp3) is 0.526. The third kappa shape index (κ3) is 3.50. The molecule has 7 nitrogen and oxygen atoms in total. The highest BCUT2D eigenvalue weighted by Gasteiger charge is 2.36. The van der Waals surface area contributed by atoms with Crippen LogP contribution in [0.3, 0.4) is 0 Å². The number of nitrogens with zero attached hydrogens (tertiary/aromatic N) is 3. The third-order valence-corrected chi connectivity index (χ3v) is 6.09. The fourth-order valence-electron chi connectivity index (χ4n) is 3.36. The molecule has 1 aromatic carbocycles. The number of rotatable bonds is 7. The van der Waals surface area contributed by atoms with Crippen LogP contribution in [0.1, 0.15) is 62.0 Å². The van der Waals surface area contributed by atoms with Crippen LogP contribution in [0.2, 0.25) is 0 Å². The maximum Gasteiger partial charge on any atom is 0.231 e. The molecule has 1 aliphatic heterocycles. The summed E-state index contributed by atoms with van der Waals surface area (Å²) in [4.78, 5) is 12.4. The molecule has 142 valence electrons. The van der Waals surface area contributed by atoms with E-state index in [1.807, 2.05) is 25.1 Å². The Morgan fingerprint density at radius 1 is 1.26 bits per heavy atom. The van der Waals surface area contributed by atoms with Gasteiger partial charge in [0.1, 0.15) is 5.82 Å². The number of hydrogen-bond acceptors (Lipinski definition) is 6. The number of hydrogen-bond donors (Lipinski definition) is 1. The van der Waals surface area contributed by atoms with Crippen molar-refractivity contribution in [3.05, 3.63) is 29.6 Å². The van der Waals surface area contributed by atoms with Crippen molar-refractivity contribution in [2.75, 3.05) is 12.5 Å². The number of benzene rings is 1. The van der Waals surface area contributed by atoms with E-state index in [1.165, 1.54) is 37.4 Å². The molecule has 2 aromatic rings. The van der Waals surface area contributed by atoms with Crippen molar-refractivity contribution in [1.29, 1.82) is 0 Å². The van der Waals surface area contributed by atoms with Crippen LogP contribution in [0, 0.1) is 0 Å². The van der Waals surface area contributed by atoms with Gasteiger partial charge in [-0.25, -0.2) is 0 Å². The molecule has 0 radical (unpaired) electrons. The molecule has 0 unspecified atom stereocenters. The summed E-state index contributed by atoms with van der Waals surface area (Å²) >= 11 is 1.48. The van der Waals surface area contributed by atoms with Crippen molar-refractivity contribution in [3.63, 3.8) is 0 Å². The molecule has 1 N–H and O–H groups in total. The Morgan fingerprint density at radius 2 is 2.07 bits per heavy atom. The molecule has 1 atom stereocenters. The summed E-state index contributed by atoms with van der Waals surface area (Å²) in [6, 6.07) is 6.19. The van der Waals surface area contributed by atoms with Gasteiger partial charge in [0.25, 0.3) is 0 Å². The molecule has 2 heterocycles. The molecule has 0 saturated heterocycles. The van der Waals surface area contributed by atoms with Crippen LogP contribution in [0.4, 0.5) is 0 Å². The van der Waals surface area contributed by atoms with Gasteiger partial charge in [-0.3, -0.25) is 4.79 Å². The molecule has 1 aromatic heterocycles. The number of aromatic nitrogens is 3. The number of amides is 1. The van der Waals surface area contributed by atoms with Gasteiger partial charge in [-0.15, -0.1) is 10.2 Å². The Kier molecular flexibility index (Phi) is 4.22. The van der Waals surface area contributed by atoms with Crippen molar-refractivity contribution in [2.24, 2.45) is 0 Å². The number of thioether (sulfide) groups is 1. The molecule has 3 aliphatic rings. The topological polar surface area (TPSA) is 78.3 Å². The monoisotopic (exact) mass is 386 g/mol. The minimum atomic E-state index is -0.101. The lowest BCUT2D eigenvalue weighted by Gasteiger charge is -2.15. The highest BCUT2D eigenvalue weighted by Crippen LogP contribution is 2.46. The van der Waals surface area contributed by atoms with E-state index in [1.54, 1.807) is 0 Å². The summed E-state index contributed by atoms with van der Waals surface area (Å²) in [6.07, 6.45) is 4.81. The van der Waals surface area contributed by atoms with Gasteiger partial charge in [0, 0.05) is 12.0 Å². The van der Waals surface area contributed by atoms with E-state index in [4.69, 9.17) is 9.47 Å². The predicted octanol–water partition coefficient (Wildman–Crippen LogP) is 3.19. The predicted molar refractivity (Wildman–Crippen MR) is 100 cm³/mol. The van der Waals surface area contributed by atoms with Crippen LogP contribution in [-0.2, 0) is 4.79 Å². The van der Waals surface area contributed by atoms with Crippen LogP contribution >= 0.6 is 11.8 Å². The Morgan fingerprint density at radius 3 is 2.85 bits per heavy atom. The van der Waals surface area contributed by atoms with Gasteiger partial charge in [-0.1, -0.05) is 17.8 Å². The standard InChI is InChI=1S/C19H22N4O3S/c1-11(13-4-7-15-16(8-13)26-10-25-15)20-17(24)9-27-19-22-21-18(12-2-3-12)23(19)14-5-6-14/h4,7-8,11-12,14H,2-3,5-6,9-10H2,1H3,(H,20,24)/t11-/m0/s1. The van der Waals surface area contributed by atoms with Gasteiger partial charge in [0.15, 0.2) is 16.7 Å². The number of carbonyl (C=O) groups is 1. The van der Waals surface area contributed by atoms with Gasteiger partial charge in [0.2, 0.25) is 12.7 Å². The highest BCUT2D eigenvalue weighted by molar-refractivity contribution is 7.99. The molecule has 27 heavy (non-hydrogen) atoms. The van der Waals surface area contributed by atoms with E-state index in [9.17, 15) is 4.79 Å². The zero-order chi connectivity index (χ0) is 18.4. The van der Waals surface area contributed by atoms with Crippen LogP contribution in [0.15, 0.2) is 23.4 Å². The Bertz CT molecular complexity index is 876. The van der Waals surface area contributed by atoms with Crippen LogP contribution < -0.4 is 14.8 Å². The van der Waals surface area contributed by atoms with Crippen molar-refractivity contribution in [3.8, 4) is 11.5 Å². The van der Waals surface area contributed by atoms with E-state index in [0.717, 1.165) is 28.0 Å². The number of fused-ring (bicyclic) bond motifs is 1. The van der Waals surface area contributed by atoms with Crippen LogP contribution in [-0.4, -0.2) is 33.2 Å². The van der Waals surface area contributed by atoms with Crippen molar-refractivity contribution in [1.82, 2.24) is 20.1 Å². The van der Waals surface area contributed by atoms with Gasteiger partial charge in [-0.05, 0) is 50.3 Å². The Balaban J connectivity index is 1.20.